The second kappa shape index (κ2) is 8.08. The average molecular weight is 362 g/mol. The minimum Gasteiger partial charge on any atom is -0.299 e. The molecule has 134 valence electrons. The zero-order chi connectivity index (χ0) is 17.7. The van der Waals surface area contributed by atoms with Crippen molar-refractivity contribution < 1.29 is 12.8 Å². The van der Waals surface area contributed by atoms with E-state index in [1.807, 2.05) is 12.1 Å². The van der Waals surface area contributed by atoms with Crippen LogP contribution in [0.25, 0.3) is 0 Å². The molecule has 2 aromatic carbocycles. The highest BCUT2D eigenvalue weighted by Crippen LogP contribution is 2.14. The van der Waals surface area contributed by atoms with E-state index in [2.05, 4.69) is 21.8 Å². The van der Waals surface area contributed by atoms with Crippen LogP contribution >= 0.6 is 0 Å². The van der Waals surface area contributed by atoms with Crippen LogP contribution in [-0.4, -0.2) is 26.4 Å². The number of nitrogens with one attached hydrogen (secondary N) is 1. The van der Waals surface area contributed by atoms with Crippen LogP contribution in [0.2, 0.25) is 0 Å². The van der Waals surface area contributed by atoms with E-state index < -0.39 is 15.8 Å². The van der Waals surface area contributed by atoms with Crippen LogP contribution in [0.4, 0.5) is 4.39 Å². The number of halogens is 1. The lowest BCUT2D eigenvalue weighted by molar-refractivity contribution is 0.221. The van der Waals surface area contributed by atoms with Gasteiger partial charge < -0.3 is 0 Å². The molecule has 0 aromatic heterocycles. The average Bonchev–Trinajstić information content (AvgIpc) is 2.62. The minimum absolute atomic E-state index is 0.0654. The highest BCUT2D eigenvalue weighted by atomic mass is 32.2. The standard InChI is InChI=1S/C19H23FN2O2S/c20-18-8-10-19(11-9-18)25(23,24)21-14-16-4-6-17(7-5-16)15-22-12-2-1-3-13-22/h4-11,21H,1-3,12-15H2. The number of piperidine rings is 1. The molecule has 6 heteroatoms. The first-order valence-electron chi connectivity index (χ1n) is 8.58. The van der Waals surface area contributed by atoms with Gasteiger partial charge in [-0.2, -0.15) is 0 Å². The Hall–Kier alpha value is -1.76. The molecule has 3 rings (SSSR count). The van der Waals surface area contributed by atoms with Crippen molar-refractivity contribution in [3.63, 3.8) is 0 Å². The Labute approximate surface area is 148 Å². The predicted octanol–water partition coefficient (Wildman–Crippen LogP) is 3.29. The van der Waals surface area contributed by atoms with E-state index in [0.29, 0.717) is 0 Å². The molecule has 0 aliphatic carbocycles. The van der Waals surface area contributed by atoms with Gasteiger partial charge in [-0.25, -0.2) is 17.5 Å². The molecule has 2 aromatic rings. The Kier molecular flexibility index (Phi) is 5.83. The monoisotopic (exact) mass is 362 g/mol. The fourth-order valence-corrected chi connectivity index (χ4v) is 4.03. The second-order valence-corrected chi connectivity index (χ2v) is 8.20. The van der Waals surface area contributed by atoms with Crippen molar-refractivity contribution in [1.82, 2.24) is 9.62 Å². The highest BCUT2D eigenvalue weighted by Gasteiger charge is 2.14. The molecule has 0 atom stereocenters. The molecule has 1 aliphatic rings. The summed E-state index contributed by atoms with van der Waals surface area (Å²) in [5.74, 6) is -0.455. The van der Waals surface area contributed by atoms with Gasteiger partial charge in [0.15, 0.2) is 0 Å². The summed E-state index contributed by atoms with van der Waals surface area (Å²) in [6.45, 7) is 3.46. The largest absolute Gasteiger partial charge is 0.299 e. The van der Waals surface area contributed by atoms with E-state index in [-0.39, 0.29) is 11.4 Å². The van der Waals surface area contributed by atoms with E-state index in [1.54, 1.807) is 0 Å². The normalized spacial score (nSPS) is 16.0. The molecule has 1 aliphatic heterocycles. The lowest BCUT2D eigenvalue weighted by atomic mass is 10.1. The fraction of sp³-hybridized carbons (Fsp3) is 0.368. The minimum atomic E-state index is -3.63. The number of sulfonamides is 1. The summed E-state index contributed by atoms with van der Waals surface area (Å²) < 4.78 is 39.9. The summed E-state index contributed by atoms with van der Waals surface area (Å²) in [5.41, 5.74) is 2.14. The number of hydrogen-bond donors (Lipinski definition) is 1. The number of hydrogen-bond acceptors (Lipinski definition) is 3. The van der Waals surface area contributed by atoms with Gasteiger partial charge in [0, 0.05) is 13.1 Å². The summed E-state index contributed by atoms with van der Waals surface area (Å²) >= 11 is 0. The Balaban J connectivity index is 1.56. The molecule has 1 heterocycles. The smallest absolute Gasteiger partial charge is 0.240 e. The first-order valence-corrected chi connectivity index (χ1v) is 10.1. The van der Waals surface area contributed by atoms with Gasteiger partial charge in [-0.05, 0) is 61.3 Å². The molecule has 0 spiro atoms. The van der Waals surface area contributed by atoms with Crippen molar-refractivity contribution in [2.75, 3.05) is 13.1 Å². The van der Waals surface area contributed by atoms with Gasteiger partial charge >= 0.3 is 0 Å². The Morgan fingerprint density at radius 3 is 2.12 bits per heavy atom. The van der Waals surface area contributed by atoms with Gasteiger partial charge in [0.2, 0.25) is 10.0 Å². The molecule has 1 N–H and O–H groups in total. The molecule has 4 nitrogen and oxygen atoms in total. The summed E-state index contributed by atoms with van der Waals surface area (Å²) in [6.07, 6.45) is 3.86. The summed E-state index contributed by atoms with van der Waals surface area (Å²) in [4.78, 5) is 2.52. The van der Waals surface area contributed by atoms with Crippen LogP contribution in [0.5, 0.6) is 0 Å². The first-order chi connectivity index (χ1) is 12.0. The predicted molar refractivity (Wildman–Crippen MR) is 96.0 cm³/mol. The van der Waals surface area contributed by atoms with Gasteiger partial charge in [-0.3, -0.25) is 4.90 Å². The van der Waals surface area contributed by atoms with Crippen LogP contribution in [0.15, 0.2) is 53.4 Å². The van der Waals surface area contributed by atoms with Crippen LogP contribution in [0.3, 0.4) is 0 Å². The molecule has 1 saturated heterocycles. The van der Waals surface area contributed by atoms with Gasteiger partial charge in [0.25, 0.3) is 0 Å². The molecular weight excluding hydrogens is 339 g/mol. The quantitative estimate of drug-likeness (QED) is 0.858. The van der Waals surface area contributed by atoms with E-state index in [0.717, 1.165) is 37.3 Å². The molecule has 0 unspecified atom stereocenters. The Bertz CT molecular complexity index is 783. The zero-order valence-electron chi connectivity index (χ0n) is 14.1. The van der Waals surface area contributed by atoms with E-state index in [9.17, 15) is 12.8 Å². The van der Waals surface area contributed by atoms with Gasteiger partial charge in [0.05, 0.1) is 4.90 Å². The van der Waals surface area contributed by atoms with Crippen molar-refractivity contribution in [1.29, 1.82) is 0 Å². The molecule has 25 heavy (non-hydrogen) atoms. The highest BCUT2D eigenvalue weighted by molar-refractivity contribution is 7.89. The lowest BCUT2D eigenvalue weighted by Gasteiger charge is -2.26. The topological polar surface area (TPSA) is 49.4 Å². The third kappa shape index (κ3) is 5.11. The number of nitrogens with zero attached hydrogens (tertiary/aromatic N) is 1. The van der Waals surface area contributed by atoms with Crippen molar-refractivity contribution in [3.8, 4) is 0 Å². The first kappa shape index (κ1) is 18.0. The molecule has 0 amide bonds. The summed E-state index contributed by atoms with van der Waals surface area (Å²) in [5, 5.41) is 0. The van der Waals surface area contributed by atoms with E-state index in [4.69, 9.17) is 0 Å². The zero-order valence-corrected chi connectivity index (χ0v) is 14.9. The lowest BCUT2D eigenvalue weighted by Crippen LogP contribution is -2.29. The van der Waals surface area contributed by atoms with Crippen molar-refractivity contribution in [2.45, 2.75) is 37.2 Å². The number of rotatable bonds is 6. The van der Waals surface area contributed by atoms with Crippen molar-refractivity contribution in [3.05, 3.63) is 65.5 Å². The Morgan fingerprint density at radius 2 is 1.48 bits per heavy atom. The summed E-state index contributed by atoms with van der Waals surface area (Å²) in [7, 11) is -3.63. The van der Waals surface area contributed by atoms with Gasteiger partial charge in [0.1, 0.15) is 5.82 Å². The molecular formula is C19H23FN2O2S. The van der Waals surface area contributed by atoms with Gasteiger partial charge in [-0.15, -0.1) is 0 Å². The van der Waals surface area contributed by atoms with Crippen LogP contribution in [-0.2, 0) is 23.1 Å². The number of likely N-dealkylation sites (tertiary alicyclic amines) is 1. The van der Waals surface area contributed by atoms with Crippen LogP contribution in [0.1, 0.15) is 30.4 Å². The van der Waals surface area contributed by atoms with Gasteiger partial charge in [-0.1, -0.05) is 30.7 Å². The maximum atomic E-state index is 12.9. The third-order valence-corrected chi connectivity index (χ3v) is 5.89. The fourth-order valence-electron chi connectivity index (χ4n) is 3.01. The van der Waals surface area contributed by atoms with E-state index in [1.165, 1.54) is 37.0 Å². The maximum Gasteiger partial charge on any atom is 0.240 e. The molecule has 1 fully saturated rings. The maximum absolute atomic E-state index is 12.9. The van der Waals surface area contributed by atoms with Crippen molar-refractivity contribution >= 4 is 10.0 Å². The SMILES string of the molecule is O=S(=O)(NCc1ccc(CN2CCCCC2)cc1)c1ccc(F)cc1. The second-order valence-electron chi connectivity index (χ2n) is 6.43. The summed E-state index contributed by atoms with van der Waals surface area (Å²) in [6, 6.07) is 12.8. The molecule has 0 saturated carbocycles. The molecule has 0 radical (unpaired) electrons. The van der Waals surface area contributed by atoms with E-state index >= 15 is 0 Å². The van der Waals surface area contributed by atoms with Crippen LogP contribution < -0.4 is 4.72 Å². The number of benzene rings is 2. The third-order valence-electron chi connectivity index (χ3n) is 4.47. The molecule has 0 bridgehead atoms. The Morgan fingerprint density at radius 1 is 0.880 bits per heavy atom. The van der Waals surface area contributed by atoms with Crippen LogP contribution in [0, 0.1) is 5.82 Å². The van der Waals surface area contributed by atoms with Crippen molar-refractivity contribution in [2.24, 2.45) is 0 Å².